The van der Waals surface area contributed by atoms with Crippen LogP contribution in [0.1, 0.15) is 47.1 Å². The van der Waals surface area contributed by atoms with Gasteiger partial charge in [0, 0.05) is 29.1 Å². The number of nitrogens with zero attached hydrogens (tertiary/aromatic N) is 9. The normalized spacial score (nSPS) is 11.8. The van der Waals surface area contributed by atoms with Gasteiger partial charge in [0.1, 0.15) is 35.2 Å². The Labute approximate surface area is 546 Å². The van der Waals surface area contributed by atoms with Crippen molar-refractivity contribution in [2.45, 2.75) is 78.9 Å². The van der Waals surface area contributed by atoms with E-state index >= 15 is 0 Å². The second-order valence-electron chi connectivity index (χ2n) is 21.1. The lowest BCUT2D eigenvalue weighted by Crippen LogP contribution is -2.16. The fourth-order valence-electron chi connectivity index (χ4n) is 8.33. The summed E-state index contributed by atoms with van der Waals surface area (Å²) < 4.78 is 89.5. The van der Waals surface area contributed by atoms with Crippen LogP contribution >= 0.6 is 41.9 Å². The second-order valence-corrected chi connectivity index (χ2v) is 32.3. The lowest BCUT2D eigenvalue weighted by Gasteiger charge is -2.16. The summed E-state index contributed by atoms with van der Waals surface area (Å²) in [5.74, 6) is 2.53. The van der Waals surface area contributed by atoms with Gasteiger partial charge in [0.25, 0.3) is 0 Å². The van der Waals surface area contributed by atoms with Crippen LogP contribution in [0.25, 0.3) is 16.6 Å². The molecule has 0 radical (unpaired) electrons. The van der Waals surface area contributed by atoms with Crippen molar-refractivity contribution in [2.75, 3.05) is 55.0 Å². The maximum absolute atomic E-state index is 12.9. The maximum Gasteiger partial charge on any atom is 0.247 e. The summed E-state index contributed by atoms with van der Waals surface area (Å²) in [6, 6.07) is 42.8. The number of halogens is 3. The Hall–Kier alpha value is -8.29. The van der Waals surface area contributed by atoms with E-state index in [0.29, 0.717) is 56.1 Å². The number of anilines is 8. The second kappa shape index (κ2) is 30.7. The zero-order valence-corrected chi connectivity index (χ0v) is 57.2. The molecule has 7 N–H and O–H groups in total. The van der Waals surface area contributed by atoms with Gasteiger partial charge in [-0.3, -0.25) is 4.21 Å². The third kappa shape index (κ3) is 17.8. The number of rotatable bonds is 15. The van der Waals surface area contributed by atoms with E-state index in [-0.39, 0.29) is 31.6 Å². The molecular formula is C62H70Cl3N14O8PS3. The molecule has 91 heavy (non-hydrogen) atoms. The van der Waals surface area contributed by atoms with Gasteiger partial charge in [-0.1, -0.05) is 67.9 Å². The van der Waals surface area contributed by atoms with Crippen LogP contribution in [0.2, 0.25) is 15.7 Å². The van der Waals surface area contributed by atoms with E-state index in [9.17, 15) is 25.6 Å². The standard InChI is InChI=1S/C24H28N5O4PS.C15H15ClN4OS.C9H13NO2S.C8H11NO.C6H3Cl2N3/c1-16(2)35(31,32)22-11-7-6-9-19(22)25-23-20-10-8-14-29(20)28-24(27-23)26-18-13-12-17(34(4,5)30)15-21(18)33-3;1-10(2)22(21)13-8-4-3-6-11(13)17-14-12-7-5-9-20(12)19-15(16)18-14;1-7(2)13(11,12)9-6-4-3-5-8(9)10;1-6-3-4-7(9)8(5-6)10-2;7-5-4-2-1-3-11(4)10-6(8)9-5/h6-16H,1-5H3,(H2,25,26,27,28);3-10H,1-2H3,(H,17,18,19);3-7H,10H2,1-2H3;3-5H,9H2,1-2H3;1-3H. The largest absolute Gasteiger partial charge is 0.495 e. The summed E-state index contributed by atoms with van der Waals surface area (Å²) in [7, 11) is -7.15. The molecule has 0 fully saturated rings. The number of para-hydroxylation sites is 3. The van der Waals surface area contributed by atoms with Gasteiger partial charge in [-0.2, -0.15) is 9.97 Å². The molecule has 0 amide bonds. The number of hydrogen-bond acceptors (Lipinski definition) is 19. The van der Waals surface area contributed by atoms with Crippen LogP contribution in [0.5, 0.6) is 11.5 Å². The molecule has 0 spiro atoms. The topological polar surface area (TPSA) is 300 Å². The quantitative estimate of drug-likeness (QED) is 0.0470. The van der Waals surface area contributed by atoms with Gasteiger partial charge in [0.15, 0.2) is 36.5 Å². The fraction of sp³-hybridized carbons (Fsp3) is 0.226. The van der Waals surface area contributed by atoms with Crippen molar-refractivity contribution in [3.63, 3.8) is 0 Å². The van der Waals surface area contributed by atoms with Gasteiger partial charge in [0.2, 0.25) is 16.5 Å². The van der Waals surface area contributed by atoms with Crippen molar-refractivity contribution >= 4 is 140 Å². The van der Waals surface area contributed by atoms with Crippen molar-refractivity contribution < 1.29 is 35.1 Å². The highest BCUT2D eigenvalue weighted by molar-refractivity contribution is 7.92. The lowest BCUT2D eigenvalue weighted by molar-refractivity contribution is 0.416. The van der Waals surface area contributed by atoms with Crippen molar-refractivity contribution in [3.05, 3.63) is 185 Å². The Kier molecular flexibility index (Phi) is 23.7. The number of sulfone groups is 2. The predicted molar refractivity (Wildman–Crippen MR) is 368 cm³/mol. The average molecular weight is 1370 g/mol. The molecule has 0 saturated carbocycles. The van der Waals surface area contributed by atoms with E-state index in [1.165, 1.54) is 13.2 Å². The first-order valence-corrected chi connectivity index (χ1v) is 36.0. The van der Waals surface area contributed by atoms with Gasteiger partial charge >= 0.3 is 0 Å². The maximum atomic E-state index is 12.9. The number of hydrogen-bond donors (Lipinski definition) is 5. The summed E-state index contributed by atoms with van der Waals surface area (Å²) in [6.07, 6.45) is 5.33. The van der Waals surface area contributed by atoms with E-state index < -0.39 is 48.1 Å². The molecular weight excluding hydrogens is 1300 g/mol. The van der Waals surface area contributed by atoms with E-state index in [1.807, 2.05) is 99.6 Å². The molecule has 480 valence electrons. The van der Waals surface area contributed by atoms with Gasteiger partial charge in [-0.25, -0.2) is 35.4 Å². The summed E-state index contributed by atoms with van der Waals surface area (Å²) in [6.45, 7) is 15.8. The predicted octanol–water partition coefficient (Wildman–Crippen LogP) is 13.4. The highest BCUT2D eigenvalue weighted by Crippen LogP contribution is 2.38. The van der Waals surface area contributed by atoms with Crippen molar-refractivity contribution in [3.8, 4) is 11.5 Å². The molecule has 29 heteroatoms. The first-order chi connectivity index (χ1) is 43.0. The minimum atomic E-state index is -3.52. The van der Waals surface area contributed by atoms with Gasteiger partial charge in [0.05, 0.1) is 78.6 Å². The van der Waals surface area contributed by atoms with E-state index in [1.54, 1.807) is 141 Å². The Morgan fingerprint density at radius 2 is 1.04 bits per heavy atom. The van der Waals surface area contributed by atoms with E-state index in [0.717, 1.165) is 32.9 Å². The van der Waals surface area contributed by atoms with Crippen LogP contribution in [-0.4, -0.2) is 108 Å². The lowest BCUT2D eigenvalue weighted by atomic mass is 10.2. The number of nitrogen functional groups attached to an aromatic ring is 2. The molecule has 22 nitrogen and oxygen atoms in total. The number of aryl methyl sites for hydroxylation is 1. The first kappa shape index (κ1) is 70.2. The van der Waals surface area contributed by atoms with Crippen LogP contribution in [0.4, 0.5) is 46.0 Å². The number of nitrogens with one attached hydrogen (secondary N) is 3. The molecule has 0 aliphatic heterocycles. The minimum Gasteiger partial charge on any atom is -0.495 e. The van der Waals surface area contributed by atoms with Crippen molar-refractivity contribution in [1.82, 2.24) is 43.8 Å². The van der Waals surface area contributed by atoms with Gasteiger partial charge < -0.3 is 41.5 Å². The summed E-state index contributed by atoms with van der Waals surface area (Å²) >= 11 is 17.3. The number of nitrogens with two attached hydrogens (primary N) is 2. The summed E-state index contributed by atoms with van der Waals surface area (Å²) in [4.78, 5) is 13.8. The Morgan fingerprint density at radius 3 is 1.62 bits per heavy atom. The van der Waals surface area contributed by atoms with Gasteiger partial charge in [-0.05, 0) is 180 Å². The van der Waals surface area contributed by atoms with Crippen LogP contribution in [0, 0.1) is 6.92 Å². The molecule has 0 aliphatic carbocycles. The van der Waals surface area contributed by atoms with Crippen LogP contribution in [0.3, 0.4) is 0 Å². The number of benzene rings is 5. The molecule has 6 heterocycles. The smallest absolute Gasteiger partial charge is 0.247 e. The highest BCUT2D eigenvalue weighted by atomic mass is 35.5. The summed E-state index contributed by atoms with van der Waals surface area (Å²) in [5.41, 5.74) is 17.3. The zero-order valence-electron chi connectivity index (χ0n) is 51.6. The number of ether oxygens (including phenoxy) is 2. The number of aromatic nitrogens is 9. The number of methoxy groups -OCH3 is 2. The molecule has 6 aromatic heterocycles. The first-order valence-electron chi connectivity index (χ1n) is 27.9. The van der Waals surface area contributed by atoms with E-state index in [2.05, 4.69) is 46.2 Å². The molecule has 1 atom stereocenters. The van der Waals surface area contributed by atoms with Crippen LogP contribution in [-0.2, 0) is 35.0 Å². The number of fused-ring (bicyclic) bond motifs is 3. The molecule has 0 aliphatic rings. The third-order valence-electron chi connectivity index (χ3n) is 13.2. The average Bonchev–Trinajstić information content (AvgIpc) is 1.89. The SMILES string of the molecule is CC(C)S(=O)(=O)c1ccccc1N.CC(C)S(=O)c1ccccc1Nc1nc(Cl)nn2cccc12.COc1cc(C)ccc1N.COc1cc(P(C)(C)=O)ccc1Nc1nc(Nc2ccccc2S(=O)(=O)C(C)C)c2cccn2n1.Clc1nc(Cl)c2cccn2n1. The fourth-order valence-corrected chi connectivity index (χ4v) is 13.2. The summed E-state index contributed by atoms with van der Waals surface area (Å²) in [5, 5.41) is 22.5. The Balaban J connectivity index is 0.000000178. The monoisotopic (exact) mass is 1370 g/mol. The molecule has 11 rings (SSSR count). The highest BCUT2D eigenvalue weighted by Gasteiger charge is 2.25. The minimum absolute atomic E-state index is 0.0326. The van der Waals surface area contributed by atoms with Crippen molar-refractivity contribution in [1.29, 1.82) is 0 Å². The van der Waals surface area contributed by atoms with Gasteiger partial charge in [-0.15, -0.1) is 15.3 Å². The molecule has 0 saturated heterocycles. The molecule has 1 unspecified atom stereocenters. The third-order valence-corrected chi connectivity index (χ3v) is 21.4. The van der Waals surface area contributed by atoms with Crippen LogP contribution < -0.4 is 42.2 Å². The molecule has 11 aromatic rings. The Morgan fingerprint density at radius 1 is 0.538 bits per heavy atom. The molecule has 0 bridgehead atoms. The van der Waals surface area contributed by atoms with E-state index in [4.69, 9.17) is 55.7 Å². The van der Waals surface area contributed by atoms with Crippen LogP contribution in [0.15, 0.2) is 179 Å². The Bertz CT molecular complexity index is 4660. The molecule has 5 aromatic carbocycles. The zero-order chi connectivity index (χ0) is 66.5. The van der Waals surface area contributed by atoms with Crippen molar-refractivity contribution in [2.24, 2.45) is 0 Å².